The zero-order valence-corrected chi connectivity index (χ0v) is 19.0. The minimum absolute atomic E-state index is 0.232. The summed E-state index contributed by atoms with van der Waals surface area (Å²) in [5, 5.41) is 7.04. The Kier molecular flexibility index (Phi) is 6.81. The van der Waals surface area contributed by atoms with Crippen molar-refractivity contribution < 1.29 is 14.3 Å². The number of nitrogens with zero attached hydrogens (tertiary/aromatic N) is 3. The van der Waals surface area contributed by atoms with E-state index < -0.39 is 0 Å². The Morgan fingerprint density at radius 3 is 2.53 bits per heavy atom. The van der Waals surface area contributed by atoms with E-state index in [1.807, 2.05) is 54.6 Å². The van der Waals surface area contributed by atoms with Crippen molar-refractivity contribution in [3.63, 3.8) is 0 Å². The van der Waals surface area contributed by atoms with Crippen LogP contribution in [0.3, 0.4) is 0 Å². The lowest BCUT2D eigenvalue weighted by molar-refractivity contribution is 0.102. The van der Waals surface area contributed by atoms with Crippen molar-refractivity contribution in [2.24, 2.45) is 0 Å². The number of halogens is 1. The van der Waals surface area contributed by atoms with Gasteiger partial charge in [-0.2, -0.15) is 0 Å². The van der Waals surface area contributed by atoms with Crippen LogP contribution in [-0.4, -0.2) is 27.8 Å². The highest BCUT2D eigenvalue weighted by Crippen LogP contribution is 2.29. The third kappa shape index (κ3) is 5.53. The SMILES string of the molecule is COc1cc(C(=O)Nc2ncn(Cc3ccc(Br)cc3)n2)ccc1OCc1ccccc1. The van der Waals surface area contributed by atoms with E-state index in [0.29, 0.717) is 30.2 Å². The number of aromatic nitrogens is 3. The first kappa shape index (κ1) is 21.6. The van der Waals surface area contributed by atoms with Crippen LogP contribution < -0.4 is 14.8 Å². The van der Waals surface area contributed by atoms with E-state index in [9.17, 15) is 4.79 Å². The summed E-state index contributed by atoms with van der Waals surface area (Å²) in [6, 6.07) is 22.8. The average Bonchev–Trinajstić information content (AvgIpc) is 3.26. The Morgan fingerprint density at radius 1 is 1.00 bits per heavy atom. The molecule has 1 N–H and O–H groups in total. The summed E-state index contributed by atoms with van der Waals surface area (Å²) in [6.45, 7) is 0.958. The van der Waals surface area contributed by atoms with Crippen molar-refractivity contribution in [1.82, 2.24) is 14.8 Å². The summed E-state index contributed by atoms with van der Waals surface area (Å²) in [5.41, 5.74) is 2.53. The zero-order chi connectivity index (χ0) is 22.3. The normalized spacial score (nSPS) is 10.6. The molecule has 1 aromatic heterocycles. The largest absolute Gasteiger partial charge is 0.493 e. The number of methoxy groups -OCH3 is 1. The third-order valence-electron chi connectivity index (χ3n) is 4.68. The van der Waals surface area contributed by atoms with Gasteiger partial charge >= 0.3 is 0 Å². The van der Waals surface area contributed by atoms with Gasteiger partial charge in [-0.05, 0) is 41.5 Å². The lowest BCUT2D eigenvalue weighted by Crippen LogP contribution is -2.14. The molecule has 32 heavy (non-hydrogen) atoms. The highest BCUT2D eigenvalue weighted by Gasteiger charge is 2.13. The van der Waals surface area contributed by atoms with Crippen molar-refractivity contribution in [3.8, 4) is 11.5 Å². The summed E-state index contributed by atoms with van der Waals surface area (Å²) in [7, 11) is 1.54. The van der Waals surface area contributed by atoms with Crippen LogP contribution in [0.25, 0.3) is 0 Å². The molecule has 3 aromatic carbocycles. The van der Waals surface area contributed by atoms with Crippen LogP contribution in [0.5, 0.6) is 11.5 Å². The van der Waals surface area contributed by atoms with Gasteiger partial charge in [0.2, 0.25) is 5.95 Å². The van der Waals surface area contributed by atoms with Gasteiger partial charge < -0.3 is 9.47 Å². The predicted molar refractivity (Wildman–Crippen MR) is 125 cm³/mol. The van der Waals surface area contributed by atoms with Crippen molar-refractivity contribution in [3.05, 3.63) is 100 Å². The van der Waals surface area contributed by atoms with Crippen LogP contribution in [0.15, 0.2) is 83.6 Å². The van der Waals surface area contributed by atoms with Gasteiger partial charge in [-0.25, -0.2) is 9.67 Å². The molecule has 8 heteroatoms. The van der Waals surface area contributed by atoms with E-state index in [1.54, 1.807) is 29.2 Å². The quantitative estimate of drug-likeness (QED) is 0.377. The predicted octanol–water partition coefficient (Wildman–Crippen LogP) is 4.93. The number of carbonyl (C=O) groups is 1. The van der Waals surface area contributed by atoms with E-state index in [0.717, 1.165) is 15.6 Å². The molecular formula is C24H21BrN4O3. The molecule has 4 rings (SSSR count). The topological polar surface area (TPSA) is 78.3 Å². The number of anilines is 1. The maximum absolute atomic E-state index is 12.7. The molecule has 1 amide bonds. The highest BCUT2D eigenvalue weighted by atomic mass is 79.9. The van der Waals surface area contributed by atoms with Crippen molar-refractivity contribution in [1.29, 1.82) is 0 Å². The first-order valence-corrected chi connectivity index (χ1v) is 10.7. The van der Waals surface area contributed by atoms with Crippen LogP contribution in [0.1, 0.15) is 21.5 Å². The van der Waals surface area contributed by atoms with Crippen LogP contribution in [-0.2, 0) is 13.2 Å². The summed E-state index contributed by atoms with van der Waals surface area (Å²) >= 11 is 3.42. The Balaban J connectivity index is 1.39. The molecular weight excluding hydrogens is 472 g/mol. The van der Waals surface area contributed by atoms with Gasteiger partial charge in [0.15, 0.2) is 11.5 Å². The van der Waals surface area contributed by atoms with Crippen molar-refractivity contribution in [2.75, 3.05) is 12.4 Å². The molecule has 0 bridgehead atoms. The van der Waals surface area contributed by atoms with Gasteiger partial charge in [0.25, 0.3) is 5.91 Å². The van der Waals surface area contributed by atoms with Gasteiger partial charge in [0.05, 0.1) is 13.7 Å². The molecule has 0 atom stereocenters. The number of ether oxygens (including phenoxy) is 2. The minimum atomic E-state index is -0.334. The molecule has 1 heterocycles. The van der Waals surface area contributed by atoms with E-state index >= 15 is 0 Å². The number of benzene rings is 3. The number of hydrogen-bond donors (Lipinski definition) is 1. The van der Waals surface area contributed by atoms with Crippen LogP contribution in [0, 0.1) is 0 Å². The number of carbonyl (C=O) groups excluding carboxylic acids is 1. The number of amides is 1. The van der Waals surface area contributed by atoms with Crippen LogP contribution >= 0.6 is 15.9 Å². The summed E-state index contributed by atoms with van der Waals surface area (Å²) in [6.07, 6.45) is 1.58. The molecule has 0 aliphatic carbocycles. The van der Waals surface area contributed by atoms with Gasteiger partial charge in [-0.3, -0.25) is 10.1 Å². The van der Waals surface area contributed by atoms with E-state index in [4.69, 9.17) is 9.47 Å². The Hall–Kier alpha value is -3.65. The first-order valence-electron chi connectivity index (χ1n) is 9.91. The fourth-order valence-corrected chi connectivity index (χ4v) is 3.31. The zero-order valence-electron chi connectivity index (χ0n) is 17.4. The molecule has 0 saturated heterocycles. The molecule has 0 radical (unpaired) electrons. The van der Waals surface area contributed by atoms with E-state index in [-0.39, 0.29) is 11.9 Å². The Morgan fingerprint density at radius 2 is 1.78 bits per heavy atom. The van der Waals surface area contributed by atoms with Crippen LogP contribution in [0.2, 0.25) is 0 Å². The second kappa shape index (κ2) is 10.1. The minimum Gasteiger partial charge on any atom is -0.493 e. The van der Waals surface area contributed by atoms with Crippen LogP contribution in [0.4, 0.5) is 5.95 Å². The standard InChI is InChI=1S/C24H21BrN4O3/c1-31-22-13-19(9-12-21(22)32-15-18-5-3-2-4-6-18)23(30)27-24-26-16-29(28-24)14-17-7-10-20(25)11-8-17/h2-13,16H,14-15H2,1H3,(H,27,28,30). The molecule has 0 aliphatic rings. The summed E-state index contributed by atoms with van der Waals surface area (Å²) < 4.78 is 13.9. The highest BCUT2D eigenvalue weighted by molar-refractivity contribution is 9.10. The molecule has 0 unspecified atom stereocenters. The van der Waals surface area contributed by atoms with E-state index in [2.05, 4.69) is 31.3 Å². The lowest BCUT2D eigenvalue weighted by Gasteiger charge is -2.12. The van der Waals surface area contributed by atoms with Gasteiger partial charge in [0.1, 0.15) is 12.9 Å². The Bertz CT molecular complexity index is 1190. The number of hydrogen-bond acceptors (Lipinski definition) is 5. The van der Waals surface area contributed by atoms with Gasteiger partial charge in [0, 0.05) is 10.0 Å². The second-order valence-electron chi connectivity index (χ2n) is 6.99. The van der Waals surface area contributed by atoms with Gasteiger partial charge in [-0.1, -0.05) is 58.4 Å². The second-order valence-corrected chi connectivity index (χ2v) is 7.90. The molecule has 162 valence electrons. The molecule has 4 aromatic rings. The maximum Gasteiger partial charge on any atom is 0.258 e. The lowest BCUT2D eigenvalue weighted by atomic mass is 10.2. The number of rotatable bonds is 8. The summed E-state index contributed by atoms with van der Waals surface area (Å²) in [4.78, 5) is 16.8. The smallest absolute Gasteiger partial charge is 0.258 e. The first-order chi connectivity index (χ1) is 15.6. The number of nitrogens with one attached hydrogen (secondary N) is 1. The van der Waals surface area contributed by atoms with Gasteiger partial charge in [-0.15, -0.1) is 5.10 Å². The molecule has 0 spiro atoms. The maximum atomic E-state index is 12.7. The fourth-order valence-electron chi connectivity index (χ4n) is 3.04. The molecule has 0 fully saturated rings. The summed E-state index contributed by atoms with van der Waals surface area (Å²) in [5.74, 6) is 0.932. The Labute approximate surface area is 194 Å². The monoisotopic (exact) mass is 492 g/mol. The van der Waals surface area contributed by atoms with E-state index in [1.165, 1.54) is 7.11 Å². The third-order valence-corrected chi connectivity index (χ3v) is 5.21. The average molecular weight is 493 g/mol. The molecule has 7 nitrogen and oxygen atoms in total. The molecule has 0 saturated carbocycles. The van der Waals surface area contributed by atoms with Crippen molar-refractivity contribution >= 4 is 27.8 Å². The molecule has 0 aliphatic heterocycles. The fraction of sp³-hybridized carbons (Fsp3) is 0.125. The van der Waals surface area contributed by atoms with Crippen molar-refractivity contribution in [2.45, 2.75) is 13.2 Å².